The number of imidazole rings is 1. The van der Waals surface area contributed by atoms with Crippen LogP contribution in [-0.4, -0.2) is 21.1 Å². The molecule has 0 saturated carbocycles. The first-order chi connectivity index (χ1) is 11.1. The average Bonchev–Trinajstić information content (AvgIpc) is 3.14. The number of nitrogens with zero attached hydrogens (tertiary/aromatic N) is 3. The number of hydrogen-bond acceptors (Lipinski definition) is 3. The van der Waals surface area contributed by atoms with E-state index in [1.54, 1.807) is 0 Å². The zero-order chi connectivity index (χ0) is 16.0. The van der Waals surface area contributed by atoms with E-state index in [4.69, 9.17) is 4.74 Å². The number of hydrogen-bond donors (Lipinski definition) is 0. The Hall–Kier alpha value is -2.62. The third-order valence-electron chi connectivity index (χ3n) is 4.35. The molecule has 1 aliphatic heterocycles. The van der Waals surface area contributed by atoms with Crippen molar-refractivity contribution >= 4 is 0 Å². The van der Waals surface area contributed by atoms with Crippen molar-refractivity contribution in [1.29, 1.82) is 0 Å². The van der Waals surface area contributed by atoms with Gasteiger partial charge in [-0.05, 0) is 31.9 Å². The zero-order valence-corrected chi connectivity index (χ0v) is 13.6. The minimum absolute atomic E-state index is 0.720. The molecule has 0 unspecified atom stereocenters. The molecule has 4 heteroatoms. The summed E-state index contributed by atoms with van der Waals surface area (Å²) in [5.74, 6) is 1.81. The van der Waals surface area contributed by atoms with Crippen molar-refractivity contribution in [3.63, 3.8) is 0 Å². The number of ether oxygens (including phenoxy) is 1. The lowest BCUT2D eigenvalue weighted by Crippen LogP contribution is -2.03. The molecule has 0 bridgehead atoms. The molecule has 23 heavy (non-hydrogen) atoms. The van der Waals surface area contributed by atoms with E-state index in [0.29, 0.717) is 0 Å². The van der Waals surface area contributed by atoms with Crippen LogP contribution in [0.3, 0.4) is 0 Å². The second kappa shape index (κ2) is 5.23. The van der Waals surface area contributed by atoms with Crippen molar-refractivity contribution in [1.82, 2.24) is 14.5 Å². The second-order valence-electron chi connectivity index (χ2n) is 6.14. The summed E-state index contributed by atoms with van der Waals surface area (Å²) >= 11 is 0. The molecule has 0 radical (unpaired) electrons. The van der Waals surface area contributed by atoms with Crippen molar-refractivity contribution in [2.45, 2.75) is 27.2 Å². The van der Waals surface area contributed by atoms with Crippen LogP contribution >= 0.6 is 0 Å². The molecular weight excluding hydrogens is 286 g/mol. The standard InChI is InChI=1S/C19H19N3O/c1-12-8-13(2)17(14(3)9-12)22-6-5-21-19(22)16-11-20-10-15-4-7-23-18(15)16/h5-6,8-11H,4,7H2,1-3H3. The van der Waals surface area contributed by atoms with Gasteiger partial charge < -0.3 is 4.74 Å². The van der Waals surface area contributed by atoms with Gasteiger partial charge in [0.2, 0.25) is 0 Å². The smallest absolute Gasteiger partial charge is 0.149 e. The Kier molecular flexibility index (Phi) is 3.18. The predicted molar refractivity (Wildman–Crippen MR) is 90.2 cm³/mol. The second-order valence-corrected chi connectivity index (χ2v) is 6.14. The molecule has 4 nitrogen and oxygen atoms in total. The van der Waals surface area contributed by atoms with Gasteiger partial charge >= 0.3 is 0 Å². The van der Waals surface area contributed by atoms with Crippen molar-refractivity contribution in [2.24, 2.45) is 0 Å². The summed E-state index contributed by atoms with van der Waals surface area (Å²) in [6.45, 7) is 7.13. The summed E-state index contributed by atoms with van der Waals surface area (Å²) < 4.78 is 7.97. The van der Waals surface area contributed by atoms with Gasteiger partial charge in [0, 0.05) is 36.8 Å². The predicted octanol–water partition coefficient (Wildman–Crippen LogP) is 3.79. The van der Waals surface area contributed by atoms with Gasteiger partial charge in [-0.2, -0.15) is 0 Å². The summed E-state index contributed by atoms with van der Waals surface area (Å²) in [5, 5.41) is 0. The number of benzene rings is 1. The quantitative estimate of drug-likeness (QED) is 0.723. The van der Waals surface area contributed by atoms with Crippen molar-refractivity contribution in [3.8, 4) is 22.8 Å². The Morgan fingerprint density at radius 1 is 1.09 bits per heavy atom. The van der Waals surface area contributed by atoms with E-state index in [1.807, 2.05) is 24.8 Å². The molecule has 0 N–H and O–H groups in total. The number of fused-ring (bicyclic) bond motifs is 1. The number of aromatic nitrogens is 3. The minimum atomic E-state index is 0.720. The molecule has 0 atom stereocenters. The lowest BCUT2D eigenvalue weighted by Gasteiger charge is -2.16. The monoisotopic (exact) mass is 305 g/mol. The van der Waals surface area contributed by atoms with Crippen molar-refractivity contribution in [3.05, 3.63) is 59.2 Å². The van der Waals surface area contributed by atoms with E-state index in [2.05, 4.69) is 47.4 Å². The van der Waals surface area contributed by atoms with Gasteiger partial charge in [0.05, 0.1) is 17.9 Å². The molecule has 3 aromatic rings. The first kappa shape index (κ1) is 14.0. The fourth-order valence-corrected chi connectivity index (χ4v) is 3.50. The first-order valence-corrected chi connectivity index (χ1v) is 7.87. The minimum Gasteiger partial charge on any atom is -0.492 e. The summed E-state index contributed by atoms with van der Waals surface area (Å²) in [7, 11) is 0. The normalized spacial score (nSPS) is 13.0. The van der Waals surface area contributed by atoms with E-state index in [-0.39, 0.29) is 0 Å². The molecule has 0 spiro atoms. The average molecular weight is 305 g/mol. The summed E-state index contributed by atoms with van der Waals surface area (Å²) in [6, 6.07) is 4.41. The first-order valence-electron chi connectivity index (χ1n) is 7.87. The Morgan fingerprint density at radius 2 is 1.87 bits per heavy atom. The number of rotatable bonds is 2. The molecule has 3 heterocycles. The maximum absolute atomic E-state index is 5.83. The highest BCUT2D eigenvalue weighted by molar-refractivity contribution is 5.69. The molecule has 116 valence electrons. The molecule has 0 aliphatic carbocycles. The molecule has 2 aromatic heterocycles. The maximum Gasteiger partial charge on any atom is 0.149 e. The van der Waals surface area contributed by atoms with Gasteiger partial charge in [0.1, 0.15) is 11.6 Å². The maximum atomic E-state index is 5.83. The third-order valence-corrected chi connectivity index (χ3v) is 4.35. The summed E-state index contributed by atoms with van der Waals surface area (Å²) in [4.78, 5) is 8.96. The van der Waals surface area contributed by atoms with Crippen LogP contribution in [0.15, 0.2) is 36.9 Å². The van der Waals surface area contributed by atoms with E-state index in [1.165, 1.54) is 22.4 Å². The van der Waals surface area contributed by atoms with Gasteiger partial charge in [0.25, 0.3) is 0 Å². The molecule has 4 rings (SSSR count). The van der Waals surface area contributed by atoms with Crippen molar-refractivity contribution < 1.29 is 4.74 Å². The Labute approximate surface area is 135 Å². The molecule has 1 aliphatic rings. The molecule has 0 saturated heterocycles. The van der Waals surface area contributed by atoms with Crippen LogP contribution < -0.4 is 4.74 Å². The van der Waals surface area contributed by atoms with Crippen LogP contribution in [0.5, 0.6) is 5.75 Å². The highest BCUT2D eigenvalue weighted by Gasteiger charge is 2.21. The third kappa shape index (κ3) is 2.22. The molecule has 1 aromatic carbocycles. The Balaban J connectivity index is 1.93. The van der Waals surface area contributed by atoms with E-state index in [0.717, 1.165) is 35.7 Å². The van der Waals surface area contributed by atoms with Gasteiger partial charge in [-0.1, -0.05) is 17.7 Å². The highest BCUT2D eigenvalue weighted by atomic mass is 16.5. The van der Waals surface area contributed by atoms with Crippen LogP contribution in [0.25, 0.3) is 17.1 Å². The van der Waals surface area contributed by atoms with Crippen LogP contribution in [-0.2, 0) is 6.42 Å². The highest BCUT2D eigenvalue weighted by Crippen LogP contribution is 2.36. The zero-order valence-electron chi connectivity index (χ0n) is 13.6. The van der Waals surface area contributed by atoms with Crippen LogP contribution in [0.1, 0.15) is 22.3 Å². The summed E-state index contributed by atoms with van der Waals surface area (Å²) in [6.07, 6.45) is 8.50. The lowest BCUT2D eigenvalue weighted by molar-refractivity contribution is 0.357. The molecule has 0 fully saturated rings. The van der Waals surface area contributed by atoms with Gasteiger partial charge in [0.15, 0.2) is 0 Å². The molecular formula is C19H19N3O. The largest absolute Gasteiger partial charge is 0.492 e. The van der Waals surface area contributed by atoms with Gasteiger partial charge in [-0.15, -0.1) is 0 Å². The van der Waals surface area contributed by atoms with E-state index in [9.17, 15) is 0 Å². The SMILES string of the molecule is Cc1cc(C)c(-n2ccnc2-c2cncc3c2OCC3)c(C)c1. The Bertz CT molecular complexity index is 872. The lowest BCUT2D eigenvalue weighted by atomic mass is 10.0. The summed E-state index contributed by atoms with van der Waals surface area (Å²) in [5.41, 5.74) is 7.06. The number of pyridine rings is 1. The van der Waals surface area contributed by atoms with Crippen LogP contribution in [0, 0.1) is 20.8 Å². The van der Waals surface area contributed by atoms with Crippen LogP contribution in [0.2, 0.25) is 0 Å². The van der Waals surface area contributed by atoms with E-state index < -0.39 is 0 Å². The fourth-order valence-electron chi connectivity index (χ4n) is 3.50. The van der Waals surface area contributed by atoms with Crippen LogP contribution in [0.4, 0.5) is 0 Å². The number of aryl methyl sites for hydroxylation is 3. The fraction of sp³-hybridized carbons (Fsp3) is 0.263. The Morgan fingerprint density at radius 3 is 2.65 bits per heavy atom. The molecule has 0 amide bonds. The van der Waals surface area contributed by atoms with Gasteiger partial charge in [-0.3, -0.25) is 9.55 Å². The topological polar surface area (TPSA) is 39.9 Å². The van der Waals surface area contributed by atoms with Crippen molar-refractivity contribution in [2.75, 3.05) is 6.61 Å². The van der Waals surface area contributed by atoms with E-state index >= 15 is 0 Å². The van der Waals surface area contributed by atoms with Gasteiger partial charge in [-0.25, -0.2) is 4.98 Å².